The number of fused-ring (bicyclic) bond motifs is 1. The van der Waals surface area contributed by atoms with Gasteiger partial charge in [0.15, 0.2) is 0 Å². The maximum absolute atomic E-state index is 11.5. The Morgan fingerprint density at radius 3 is 2.78 bits per heavy atom. The van der Waals surface area contributed by atoms with Gasteiger partial charge in [0.1, 0.15) is 17.9 Å². The van der Waals surface area contributed by atoms with Gasteiger partial charge in [-0.1, -0.05) is 28.1 Å². The van der Waals surface area contributed by atoms with Crippen LogP contribution in [-0.2, 0) is 9.53 Å². The van der Waals surface area contributed by atoms with E-state index in [-0.39, 0.29) is 30.5 Å². The van der Waals surface area contributed by atoms with E-state index in [0.29, 0.717) is 13.0 Å². The number of methoxy groups -OCH3 is 1. The molecule has 0 amide bonds. The van der Waals surface area contributed by atoms with E-state index in [2.05, 4.69) is 43.2 Å². The quantitative estimate of drug-likeness (QED) is 0.695. The summed E-state index contributed by atoms with van der Waals surface area (Å²) >= 11 is 7.09. The molecule has 1 saturated heterocycles. The highest BCUT2D eigenvalue weighted by molar-refractivity contribution is 9.11. The predicted octanol–water partition coefficient (Wildman–Crippen LogP) is 4.07. The van der Waals surface area contributed by atoms with Crippen LogP contribution in [-0.4, -0.2) is 31.8 Å². The molecule has 23 heavy (non-hydrogen) atoms. The second-order valence-corrected chi connectivity index (χ2v) is 6.91. The summed E-state index contributed by atoms with van der Waals surface area (Å²) in [7, 11) is 1.40. The molecule has 2 unspecified atom stereocenters. The van der Waals surface area contributed by atoms with Crippen LogP contribution in [0.15, 0.2) is 39.3 Å². The molecule has 2 aromatic rings. The second kappa shape index (κ2) is 7.83. The monoisotopic (exact) mass is 463 g/mol. The van der Waals surface area contributed by atoms with Crippen LogP contribution >= 0.6 is 44.3 Å². The fraction of sp³-hybridized carbons (Fsp3) is 0.312. The van der Waals surface area contributed by atoms with Crippen LogP contribution in [0, 0.1) is 0 Å². The molecule has 2 aromatic carbocycles. The second-order valence-electron chi connectivity index (χ2n) is 5.20. The highest BCUT2D eigenvalue weighted by Gasteiger charge is 2.31. The molecule has 1 heterocycles. The average Bonchev–Trinajstić information content (AvgIpc) is 2.98. The summed E-state index contributed by atoms with van der Waals surface area (Å²) in [6.07, 6.45) is 0.561. The number of halogens is 3. The van der Waals surface area contributed by atoms with Crippen LogP contribution in [0.1, 0.15) is 6.42 Å². The first-order valence-corrected chi connectivity index (χ1v) is 8.52. The molecule has 0 radical (unpaired) electrons. The minimum atomic E-state index is -0.287. The molecule has 0 aromatic heterocycles. The van der Waals surface area contributed by atoms with E-state index in [4.69, 9.17) is 9.47 Å². The number of carbonyl (C=O) groups is 1. The van der Waals surface area contributed by atoms with Crippen LogP contribution in [0.5, 0.6) is 5.75 Å². The molecule has 3 rings (SSSR count). The smallest absolute Gasteiger partial charge is 0.323 e. The third-order valence-electron chi connectivity index (χ3n) is 3.75. The minimum Gasteiger partial charge on any atom is -0.488 e. The molecule has 1 aliphatic heterocycles. The average molecular weight is 466 g/mol. The summed E-state index contributed by atoms with van der Waals surface area (Å²) < 4.78 is 12.8. The zero-order chi connectivity index (χ0) is 15.7. The Hall–Kier alpha value is -0.820. The standard InChI is InChI=1S/C16H15Br2NO3.ClH/c1-21-16(20)13-7-11(8-19-13)22-14-5-2-9-6-10(17)3-4-12(9)15(14)18;/h2-6,11,13,19H,7-8H2,1H3;1H. The molecule has 1 N–H and O–H groups in total. The number of rotatable bonds is 3. The summed E-state index contributed by atoms with van der Waals surface area (Å²) in [4.78, 5) is 11.5. The van der Waals surface area contributed by atoms with Crippen molar-refractivity contribution in [1.29, 1.82) is 0 Å². The lowest BCUT2D eigenvalue weighted by Crippen LogP contribution is -2.31. The molecular formula is C16H16Br2ClNO3. The third kappa shape index (κ3) is 3.99. The van der Waals surface area contributed by atoms with Gasteiger partial charge in [0.05, 0.1) is 11.6 Å². The molecule has 1 fully saturated rings. The van der Waals surface area contributed by atoms with E-state index in [1.807, 2.05) is 24.3 Å². The minimum absolute atomic E-state index is 0. The van der Waals surface area contributed by atoms with Gasteiger partial charge >= 0.3 is 5.97 Å². The first kappa shape index (κ1) is 18.5. The van der Waals surface area contributed by atoms with Crippen LogP contribution < -0.4 is 10.1 Å². The van der Waals surface area contributed by atoms with Crippen LogP contribution in [0.4, 0.5) is 0 Å². The van der Waals surface area contributed by atoms with Crippen molar-refractivity contribution in [2.75, 3.05) is 13.7 Å². The zero-order valence-corrected chi connectivity index (χ0v) is 16.3. The third-order valence-corrected chi connectivity index (χ3v) is 5.06. The fourth-order valence-electron chi connectivity index (χ4n) is 2.63. The number of hydrogen-bond acceptors (Lipinski definition) is 4. The van der Waals surface area contributed by atoms with E-state index in [0.717, 1.165) is 25.5 Å². The van der Waals surface area contributed by atoms with Gasteiger partial charge in [-0.15, -0.1) is 12.4 Å². The van der Waals surface area contributed by atoms with E-state index < -0.39 is 0 Å². The largest absolute Gasteiger partial charge is 0.488 e. The normalized spacial score (nSPS) is 20.1. The SMILES string of the molecule is COC(=O)C1CC(Oc2ccc3cc(Br)ccc3c2Br)CN1.Cl. The Kier molecular flexibility index (Phi) is 6.31. The molecule has 2 atom stereocenters. The van der Waals surface area contributed by atoms with E-state index in [1.54, 1.807) is 0 Å². The maximum Gasteiger partial charge on any atom is 0.323 e. The Labute approximate surface area is 157 Å². The van der Waals surface area contributed by atoms with Gasteiger partial charge in [0.2, 0.25) is 0 Å². The van der Waals surface area contributed by atoms with Crippen LogP contribution in [0.2, 0.25) is 0 Å². The maximum atomic E-state index is 11.5. The summed E-state index contributed by atoms with van der Waals surface area (Å²) in [6.45, 7) is 0.630. The van der Waals surface area contributed by atoms with Gasteiger partial charge < -0.3 is 14.8 Å². The highest BCUT2D eigenvalue weighted by Crippen LogP contribution is 2.35. The summed E-state index contributed by atoms with van der Waals surface area (Å²) in [5, 5.41) is 5.34. The van der Waals surface area contributed by atoms with Crippen molar-refractivity contribution in [3.63, 3.8) is 0 Å². The highest BCUT2D eigenvalue weighted by atomic mass is 79.9. The summed E-state index contributed by atoms with van der Waals surface area (Å²) in [5.41, 5.74) is 0. The van der Waals surface area contributed by atoms with E-state index >= 15 is 0 Å². The lowest BCUT2D eigenvalue weighted by atomic mass is 10.1. The van der Waals surface area contributed by atoms with Gasteiger partial charge in [-0.25, -0.2) is 0 Å². The van der Waals surface area contributed by atoms with E-state index in [9.17, 15) is 4.79 Å². The molecule has 0 aliphatic carbocycles. The van der Waals surface area contributed by atoms with Gasteiger partial charge in [-0.3, -0.25) is 4.79 Å². The Balaban J connectivity index is 0.00000192. The Morgan fingerprint density at radius 2 is 2.04 bits per heavy atom. The predicted molar refractivity (Wildman–Crippen MR) is 99.4 cm³/mol. The van der Waals surface area contributed by atoms with Gasteiger partial charge in [0, 0.05) is 17.4 Å². The van der Waals surface area contributed by atoms with Crippen LogP contribution in [0.25, 0.3) is 10.8 Å². The van der Waals surface area contributed by atoms with Gasteiger partial charge in [-0.2, -0.15) is 0 Å². The van der Waals surface area contributed by atoms with E-state index in [1.165, 1.54) is 7.11 Å². The molecule has 0 bridgehead atoms. The number of ether oxygens (including phenoxy) is 2. The van der Waals surface area contributed by atoms with Crippen molar-refractivity contribution in [2.24, 2.45) is 0 Å². The topological polar surface area (TPSA) is 47.6 Å². The van der Waals surface area contributed by atoms with Crippen molar-refractivity contribution < 1.29 is 14.3 Å². The lowest BCUT2D eigenvalue weighted by molar-refractivity contribution is -0.142. The fourth-order valence-corrected chi connectivity index (χ4v) is 3.59. The van der Waals surface area contributed by atoms with Crippen LogP contribution in [0.3, 0.4) is 0 Å². The molecule has 0 spiro atoms. The first-order chi connectivity index (χ1) is 10.6. The number of benzene rings is 2. The lowest BCUT2D eigenvalue weighted by Gasteiger charge is -2.15. The number of esters is 1. The molecule has 7 heteroatoms. The molecule has 1 aliphatic rings. The summed E-state index contributed by atoms with van der Waals surface area (Å²) in [5.74, 6) is 0.542. The molecular weight excluding hydrogens is 449 g/mol. The van der Waals surface area contributed by atoms with Crippen molar-refractivity contribution in [2.45, 2.75) is 18.6 Å². The molecule has 0 saturated carbocycles. The number of hydrogen-bond donors (Lipinski definition) is 1. The van der Waals surface area contributed by atoms with Gasteiger partial charge in [-0.05, 0) is 44.9 Å². The Bertz CT molecular complexity index is 726. The first-order valence-electron chi connectivity index (χ1n) is 6.94. The van der Waals surface area contributed by atoms with Gasteiger partial charge in [0.25, 0.3) is 0 Å². The summed E-state index contributed by atoms with van der Waals surface area (Å²) in [6, 6.07) is 9.80. The Morgan fingerprint density at radius 1 is 1.26 bits per heavy atom. The molecule has 4 nitrogen and oxygen atoms in total. The van der Waals surface area contributed by atoms with Crippen molar-refractivity contribution in [3.05, 3.63) is 39.3 Å². The van der Waals surface area contributed by atoms with Crippen molar-refractivity contribution in [1.82, 2.24) is 5.32 Å². The number of nitrogens with one attached hydrogen (secondary N) is 1. The van der Waals surface area contributed by atoms with Crippen molar-refractivity contribution >= 4 is 61.0 Å². The van der Waals surface area contributed by atoms with Crippen molar-refractivity contribution in [3.8, 4) is 5.75 Å². The zero-order valence-electron chi connectivity index (χ0n) is 12.3. The number of carbonyl (C=O) groups excluding carboxylic acids is 1. The molecule has 124 valence electrons.